The third kappa shape index (κ3) is 1.91. The van der Waals surface area contributed by atoms with Gasteiger partial charge >= 0.3 is 0 Å². The van der Waals surface area contributed by atoms with E-state index in [1.165, 1.54) is 22.3 Å². The van der Waals surface area contributed by atoms with Gasteiger partial charge in [0.2, 0.25) is 0 Å². The number of nitrogens with zero attached hydrogens (tertiary/aromatic N) is 4. The zero-order chi connectivity index (χ0) is 15.1. The van der Waals surface area contributed by atoms with Crippen molar-refractivity contribution in [3.8, 4) is 0 Å². The number of benzene rings is 1. The fourth-order valence-electron chi connectivity index (χ4n) is 3.14. The third-order valence-corrected chi connectivity index (χ3v) is 4.23. The highest BCUT2D eigenvalue weighted by Gasteiger charge is 2.13. The van der Waals surface area contributed by atoms with Gasteiger partial charge in [-0.1, -0.05) is 37.3 Å². The summed E-state index contributed by atoms with van der Waals surface area (Å²) >= 11 is 0. The molecule has 0 radical (unpaired) electrons. The van der Waals surface area contributed by atoms with Crippen LogP contribution in [-0.4, -0.2) is 19.2 Å². The SMILES string of the molecule is CCc1cc2c(ccc3nnc(C)n32)n1Cc1ccccc1. The molecule has 0 N–H and O–H groups in total. The van der Waals surface area contributed by atoms with Gasteiger partial charge in [-0.3, -0.25) is 4.40 Å². The van der Waals surface area contributed by atoms with Crippen molar-refractivity contribution >= 4 is 16.7 Å². The monoisotopic (exact) mass is 290 g/mol. The van der Waals surface area contributed by atoms with Crippen LogP contribution in [0.2, 0.25) is 0 Å². The Morgan fingerprint density at radius 2 is 1.77 bits per heavy atom. The Morgan fingerprint density at radius 3 is 2.55 bits per heavy atom. The molecule has 3 heterocycles. The van der Waals surface area contributed by atoms with E-state index < -0.39 is 0 Å². The number of aryl methyl sites for hydroxylation is 2. The maximum absolute atomic E-state index is 4.22. The summed E-state index contributed by atoms with van der Waals surface area (Å²) in [6.45, 7) is 5.09. The van der Waals surface area contributed by atoms with Crippen LogP contribution in [0.15, 0.2) is 48.5 Å². The molecular weight excluding hydrogens is 272 g/mol. The Bertz CT molecular complexity index is 947. The summed E-state index contributed by atoms with van der Waals surface area (Å²) in [6.07, 6.45) is 1.00. The Morgan fingerprint density at radius 1 is 0.955 bits per heavy atom. The Labute approximate surface area is 129 Å². The van der Waals surface area contributed by atoms with Crippen molar-refractivity contribution in [3.63, 3.8) is 0 Å². The summed E-state index contributed by atoms with van der Waals surface area (Å²) in [7, 11) is 0. The molecule has 1 aromatic carbocycles. The Balaban J connectivity index is 1.97. The summed E-state index contributed by atoms with van der Waals surface area (Å²) in [6, 6.07) is 17.1. The second-order valence-corrected chi connectivity index (χ2v) is 5.61. The van der Waals surface area contributed by atoms with Crippen molar-refractivity contribution in [2.45, 2.75) is 26.8 Å². The van der Waals surface area contributed by atoms with Crippen LogP contribution in [0.4, 0.5) is 0 Å². The number of pyridine rings is 1. The molecule has 0 aliphatic rings. The molecule has 0 amide bonds. The average Bonchev–Trinajstić information content (AvgIpc) is 3.09. The topological polar surface area (TPSA) is 35.1 Å². The number of aromatic nitrogens is 4. The number of fused-ring (bicyclic) bond motifs is 3. The van der Waals surface area contributed by atoms with Gasteiger partial charge in [-0.25, -0.2) is 0 Å². The molecule has 110 valence electrons. The molecule has 4 nitrogen and oxygen atoms in total. The molecule has 0 saturated heterocycles. The first-order valence-corrected chi connectivity index (χ1v) is 7.64. The number of rotatable bonds is 3. The van der Waals surface area contributed by atoms with Gasteiger partial charge in [0.15, 0.2) is 5.65 Å². The Hall–Kier alpha value is -2.62. The summed E-state index contributed by atoms with van der Waals surface area (Å²) < 4.78 is 4.53. The lowest BCUT2D eigenvalue weighted by Gasteiger charge is -2.10. The van der Waals surface area contributed by atoms with E-state index in [-0.39, 0.29) is 0 Å². The zero-order valence-electron chi connectivity index (χ0n) is 12.8. The minimum atomic E-state index is 0.889. The Kier molecular flexibility index (Phi) is 2.96. The molecule has 4 heteroatoms. The van der Waals surface area contributed by atoms with Gasteiger partial charge in [0.1, 0.15) is 5.82 Å². The van der Waals surface area contributed by atoms with Crippen LogP contribution in [0.1, 0.15) is 24.0 Å². The van der Waals surface area contributed by atoms with Crippen molar-refractivity contribution in [1.29, 1.82) is 0 Å². The molecule has 0 atom stereocenters. The van der Waals surface area contributed by atoms with Gasteiger partial charge in [0, 0.05) is 12.2 Å². The zero-order valence-corrected chi connectivity index (χ0v) is 12.8. The number of hydrogen-bond donors (Lipinski definition) is 0. The first-order valence-electron chi connectivity index (χ1n) is 7.64. The predicted molar refractivity (Wildman–Crippen MR) is 88.1 cm³/mol. The minimum Gasteiger partial charge on any atom is -0.339 e. The van der Waals surface area contributed by atoms with E-state index in [2.05, 4.69) is 68.6 Å². The molecule has 0 aliphatic carbocycles. The lowest BCUT2D eigenvalue weighted by Crippen LogP contribution is -2.03. The lowest BCUT2D eigenvalue weighted by molar-refractivity contribution is 0.776. The van der Waals surface area contributed by atoms with Crippen LogP contribution < -0.4 is 0 Å². The van der Waals surface area contributed by atoms with Gasteiger partial charge in [0.05, 0.1) is 11.0 Å². The van der Waals surface area contributed by atoms with Gasteiger partial charge in [-0.2, -0.15) is 0 Å². The smallest absolute Gasteiger partial charge is 0.161 e. The fourth-order valence-corrected chi connectivity index (χ4v) is 3.14. The minimum absolute atomic E-state index is 0.889. The van der Waals surface area contributed by atoms with Crippen molar-refractivity contribution < 1.29 is 0 Å². The second-order valence-electron chi connectivity index (χ2n) is 5.61. The largest absolute Gasteiger partial charge is 0.339 e. The van der Waals surface area contributed by atoms with Gasteiger partial charge < -0.3 is 4.57 Å². The molecule has 0 fully saturated rings. The van der Waals surface area contributed by atoms with Crippen LogP contribution in [0.3, 0.4) is 0 Å². The molecule has 4 aromatic rings. The maximum Gasteiger partial charge on any atom is 0.161 e. The van der Waals surface area contributed by atoms with Gasteiger partial charge in [0.25, 0.3) is 0 Å². The highest BCUT2D eigenvalue weighted by atomic mass is 15.2. The van der Waals surface area contributed by atoms with Crippen LogP contribution in [0.5, 0.6) is 0 Å². The normalized spacial score (nSPS) is 11.5. The molecule has 3 aromatic heterocycles. The van der Waals surface area contributed by atoms with Gasteiger partial charge in [-0.15, -0.1) is 10.2 Å². The van der Waals surface area contributed by atoms with Crippen molar-refractivity contribution in [2.24, 2.45) is 0 Å². The molecule has 0 aliphatic heterocycles. The summed E-state index contributed by atoms with van der Waals surface area (Å²) in [5, 5.41) is 8.42. The number of hydrogen-bond acceptors (Lipinski definition) is 2. The van der Waals surface area contributed by atoms with E-state index in [1.807, 2.05) is 13.0 Å². The molecule has 22 heavy (non-hydrogen) atoms. The highest BCUT2D eigenvalue weighted by molar-refractivity contribution is 5.81. The molecular formula is C18H18N4. The molecule has 4 rings (SSSR count). The molecule has 0 spiro atoms. The van der Waals surface area contributed by atoms with Crippen LogP contribution in [0, 0.1) is 6.92 Å². The highest BCUT2D eigenvalue weighted by Crippen LogP contribution is 2.24. The van der Waals surface area contributed by atoms with Crippen molar-refractivity contribution in [1.82, 2.24) is 19.2 Å². The predicted octanol–water partition coefficient (Wildman–Crippen LogP) is 3.60. The van der Waals surface area contributed by atoms with Crippen molar-refractivity contribution in [3.05, 3.63) is 65.6 Å². The van der Waals surface area contributed by atoms with E-state index in [0.29, 0.717) is 0 Å². The first-order chi connectivity index (χ1) is 10.8. The standard InChI is InChI=1S/C18H18N4/c1-3-15-11-17-16(9-10-18-20-19-13(2)22(17)18)21(15)12-14-7-5-4-6-8-14/h4-11H,3,12H2,1-2H3. The molecule has 0 saturated carbocycles. The van der Waals surface area contributed by atoms with E-state index in [1.54, 1.807) is 0 Å². The maximum atomic E-state index is 4.22. The van der Waals surface area contributed by atoms with E-state index >= 15 is 0 Å². The summed E-state index contributed by atoms with van der Waals surface area (Å²) in [4.78, 5) is 0. The second kappa shape index (κ2) is 4.98. The van der Waals surface area contributed by atoms with Gasteiger partial charge in [-0.05, 0) is 37.1 Å². The van der Waals surface area contributed by atoms with Crippen LogP contribution in [0.25, 0.3) is 16.7 Å². The van der Waals surface area contributed by atoms with E-state index in [0.717, 1.165) is 24.4 Å². The van der Waals surface area contributed by atoms with Crippen LogP contribution in [-0.2, 0) is 13.0 Å². The quantitative estimate of drug-likeness (QED) is 0.578. The summed E-state index contributed by atoms with van der Waals surface area (Å²) in [5.41, 5.74) is 5.98. The van der Waals surface area contributed by atoms with Crippen molar-refractivity contribution in [2.75, 3.05) is 0 Å². The molecule has 0 bridgehead atoms. The lowest BCUT2D eigenvalue weighted by atomic mass is 10.2. The summed E-state index contributed by atoms with van der Waals surface area (Å²) in [5.74, 6) is 0.931. The van der Waals surface area contributed by atoms with Crippen LogP contribution >= 0.6 is 0 Å². The fraction of sp³-hybridized carbons (Fsp3) is 0.222. The average molecular weight is 290 g/mol. The van der Waals surface area contributed by atoms with E-state index in [9.17, 15) is 0 Å². The third-order valence-electron chi connectivity index (χ3n) is 4.23. The molecule has 0 unspecified atom stereocenters. The first kappa shape index (κ1) is 13.1. The van der Waals surface area contributed by atoms with E-state index in [4.69, 9.17) is 0 Å².